The van der Waals surface area contributed by atoms with Crippen LogP contribution in [0.15, 0.2) is 36.9 Å². The summed E-state index contributed by atoms with van der Waals surface area (Å²) in [5, 5.41) is 1.38. The van der Waals surface area contributed by atoms with Crippen LogP contribution in [-0.4, -0.2) is 17.5 Å². The van der Waals surface area contributed by atoms with E-state index in [2.05, 4.69) is 35.7 Å². The lowest BCUT2D eigenvalue weighted by atomic mass is 10.1. The van der Waals surface area contributed by atoms with Gasteiger partial charge in [-0.25, -0.2) is 0 Å². The monoisotopic (exact) mass is 272 g/mol. The molecular weight excluding hydrogens is 252 g/mol. The number of rotatable bonds is 6. The van der Waals surface area contributed by atoms with Gasteiger partial charge in [0.25, 0.3) is 0 Å². The van der Waals surface area contributed by atoms with Crippen LogP contribution in [0.2, 0.25) is 0 Å². The van der Waals surface area contributed by atoms with Gasteiger partial charge in [0, 0.05) is 35.3 Å². The number of benzene rings is 1. The second-order valence-electron chi connectivity index (χ2n) is 5.15. The molecule has 2 aromatic rings. The Morgan fingerprint density at radius 2 is 2.16 bits per heavy atom. The van der Waals surface area contributed by atoms with Gasteiger partial charge in [0.1, 0.15) is 0 Å². The summed E-state index contributed by atoms with van der Waals surface area (Å²) in [6, 6.07) is 9.39. The van der Waals surface area contributed by atoms with E-state index in [1.807, 2.05) is 17.4 Å². The van der Waals surface area contributed by atoms with Crippen molar-refractivity contribution in [2.45, 2.75) is 32.0 Å². The topological polar surface area (TPSA) is 29.3 Å². The lowest BCUT2D eigenvalue weighted by Crippen LogP contribution is -2.26. The SMILES string of the molecule is C=CCN(Cc1c(CN)sc2ccccc12)C1CC1. The standard InChI is InChI=1S/C16H20N2S/c1-2-9-18(12-7-8-12)11-14-13-5-3-4-6-15(13)19-16(14)10-17/h2-6,12H,1,7-11,17H2. The maximum absolute atomic E-state index is 5.93. The molecule has 0 bridgehead atoms. The molecule has 19 heavy (non-hydrogen) atoms. The molecule has 1 aromatic heterocycles. The van der Waals surface area contributed by atoms with Gasteiger partial charge in [-0.05, 0) is 29.9 Å². The lowest BCUT2D eigenvalue weighted by molar-refractivity contribution is 0.284. The van der Waals surface area contributed by atoms with Gasteiger partial charge in [-0.1, -0.05) is 24.3 Å². The summed E-state index contributed by atoms with van der Waals surface area (Å²) in [6.07, 6.45) is 4.66. The molecule has 2 nitrogen and oxygen atoms in total. The minimum atomic E-state index is 0.640. The molecule has 0 amide bonds. The van der Waals surface area contributed by atoms with Crippen molar-refractivity contribution in [3.63, 3.8) is 0 Å². The second kappa shape index (κ2) is 5.45. The zero-order valence-corrected chi connectivity index (χ0v) is 12.0. The summed E-state index contributed by atoms with van der Waals surface area (Å²) in [5.74, 6) is 0. The van der Waals surface area contributed by atoms with Crippen LogP contribution in [0.25, 0.3) is 10.1 Å². The van der Waals surface area contributed by atoms with E-state index in [0.29, 0.717) is 6.54 Å². The van der Waals surface area contributed by atoms with Crippen LogP contribution in [0, 0.1) is 0 Å². The zero-order valence-electron chi connectivity index (χ0n) is 11.1. The molecule has 3 rings (SSSR count). The van der Waals surface area contributed by atoms with Crippen molar-refractivity contribution in [3.05, 3.63) is 47.4 Å². The van der Waals surface area contributed by atoms with Gasteiger partial charge in [0.2, 0.25) is 0 Å². The maximum atomic E-state index is 5.93. The summed E-state index contributed by atoms with van der Waals surface area (Å²) in [4.78, 5) is 3.86. The third kappa shape index (κ3) is 2.59. The van der Waals surface area contributed by atoms with E-state index in [1.54, 1.807) is 0 Å². The minimum Gasteiger partial charge on any atom is -0.326 e. The zero-order chi connectivity index (χ0) is 13.2. The Bertz CT molecular complexity index is 583. The van der Waals surface area contributed by atoms with Gasteiger partial charge in [-0.3, -0.25) is 4.90 Å². The Kier molecular flexibility index (Phi) is 3.69. The van der Waals surface area contributed by atoms with Gasteiger partial charge in [0.05, 0.1) is 0 Å². The molecule has 1 aliphatic carbocycles. The van der Waals surface area contributed by atoms with Crippen molar-refractivity contribution >= 4 is 21.4 Å². The van der Waals surface area contributed by atoms with Crippen LogP contribution < -0.4 is 5.73 Å². The molecule has 1 heterocycles. The molecule has 0 aliphatic heterocycles. The van der Waals surface area contributed by atoms with E-state index in [9.17, 15) is 0 Å². The molecular formula is C16H20N2S. The van der Waals surface area contributed by atoms with E-state index in [-0.39, 0.29) is 0 Å². The van der Waals surface area contributed by atoms with E-state index < -0.39 is 0 Å². The highest BCUT2D eigenvalue weighted by Crippen LogP contribution is 2.35. The van der Waals surface area contributed by atoms with Gasteiger partial charge in [-0.15, -0.1) is 17.9 Å². The predicted molar refractivity (Wildman–Crippen MR) is 83.3 cm³/mol. The molecule has 0 unspecified atom stereocenters. The normalized spacial score (nSPS) is 15.3. The summed E-state index contributed by atoms with van der Waals surface area (Å²) >= 11 is 1.84. The van der Waals surface area contributed by atoms with Crippen molar-refractivity contribution in [1.82, 2.24) is 4.90 Å². The van der Waals surface area contributed by atoms with Crippen molar-refractivity contribution in [1.29, 1.82) is 0 Å². The number of hydrogen-bond acceptors (Lipinski definition) is 3. The van der Waals surface area contributed by atoms with Crippen LogP contribution in [0.4, 0.5) is 0 Å². The van der Waals surface area contributed by atoms with E-state index in [4.69, 9.17) is 5.73 Å². The van der Waals surface area contributed by atoms with Crippen molar-refractivity contribution in [3.8, 4) is 0 Å². The maximum Gasteiger partial charge on any atom is 0.0349 e. The van der Waals surface area contributed by atoms with Crippen LogP contribution in [0.5, 0.6) is 0 Å². The Labute approximate surface area is 118 Å². The van der Waals surface area contributed by atoms with E-state index in [1.165, 1.54) is 33.4 Å². The molecule has 0 saturated heterocycles. The fourth-order valence-corrected chi connectivity index (χ4v) is 3.73. The first-order chi connectivity index (χ1) is 9.33. The highest BCUT2D eigenvalue weighted by molar-refractivity contribution is 7.19. The van der Waals surface area contributed by atoms with E-state index >= 15 is 0 Å². The Morgan fingerprint density at radius 3 is 2.84 bits per heavy atom. The highest BCUT2D eigenvalue weighted by atomic mass is 32.1. The smallest absolute Gasteiger partial charge is 0.0349 e. The minimum absolute atomic E-state index is 0.640. The number of thiophene rings is 1. The molecule has 1 saturated carbocycles. The number of nitrogens with two attached hydrogens (primary N) is 1. The molecule has 3 heteroatoms. The van der Waals surface area contributed by atoms with Gasteiger partial charge < -0.3 is 5.73 Å². The fraction of sp³-hybridized carbons (Fsp3) is 0.375. The second-order valence-corrected chi connectivity index (χ2v) is 6.29. The Morgan fingerprint density at radius 1 is 1.37 bits per heavy atom. The molecule has 1 fully saturated rings. The molecule has 0 spiro atoms. The number of hydrogen-bond donors (Lipinski definition) is 1. The molecule has 1 aliphatic rings. The first-order valence-electron chi connectivity index (χ1n) is 6.87. The predicted octanol–water partition coefficient (Wildman–Crippen LogP) is 3.51. The van der Waals surface area contributed by atoms with Gasteiger partial charge in [0.15, 0.2) is 0 Å². The molecule has 100 valence electrons. The number of nitrogens with zero attached hydrogens (tertiary/aromatic N) is 1. The van der Waals surface area contributed by atoms with Crippen molar-refractivity contribution < 1.29 is 0 Å². The van der Waals surface area contributed by atoms with Crippen LogP contribution in [-0.2, 0) is 13.1 Å². The quantitative estimate of drug-likeness (QED) is 0.815. The molecule has 2 N–H and O–H groups in total. The summed E-state index contributed by atoms with van der Waals surface area (Å²) in [6.45, 7) is 6.50. The molecule has 0 atom stereocenters. The van der Waals surface area contributed by atoms with Crippen LogP contribution in [0.3, 0.4) is 0 Å². The largest absolute Gasteiger partial charge is 0.326 e. The fourth-order valence-electron chi connectivity index (χ4n) is 2.64. The summed E-state index contributed by atoms with van der Waals surface area (Å²) < 4.78 is 1.35. The average Bonchev–Trinajstić information content (AvgIpc) is 3.22. The van der Waals surface area contributed by atoms with Gasteiger partial charge in [-0.2, -0.15) is 0 Å². The summed E-state index contributed by atoms with van der Waals surface area (Å²) in [7, 11) is 0. The number of fused-ring (bicyclic) bond motifs is 1. The van der Waals surface area contributed by atoms with Crippen molar-refractivity contribution in [2.75, 3.05) is 6.54 Å². The van der Waals surface area contributed by atoms with Gasteiger partial charge >= 0.3 is 0 Å². The lowest BCUT2D eigenvalue weighted by Gasteiger charge is -2.20. The molecule has 0 radical (unpaired) electrons. The first kappa shape index (κ1) is 12.9. The third-order valence-corrected chi connectivity index (χ3v) is 4.99. The first-order valence-corrected chi connectivity index (χ1v) is 7.69. The van der Waals surface area contributed by atoms with Crippen LogP contribution in [0.1, 0.15) is 23.3 Å². The Hall–Kier alpha value is -1.16. The van der Waals surface area contributed by atoms with E-state index in [0.717, 1.165) is 19.1 Å². The molecule has 1 aromatic carbocycles. The third-order valence-electron chi connectivity index (χ3n) is 3.76. The highest BCUT2D eigenvalue weighted by Gasteiger charge is 2.29. The van der Waals surface area contributed by atoms with Crippen LogP contribution >= 0.6 is 11.3 Å². The summed E-state index contributed by atoms with van der Waals surface area (Å²) in [5.41, 5.74) is 7.36. The average molecular weight is 272 g/mol. The van der Waals surface area contributed by atoms with Crippen molar-refractivity contribution in [2.24, 2.45) is 5.73 Å². The Balaban J connectivity index is 1.95.